The number of anilines is 1. The van der Waals surface area contributed by atoms with E-state index >= 15 is 0 Å². The maximum atomic E-state index is 5.59. The quantitative estimate of drug-likeness (QED) is 0.862. The molecule has 0 bridgehead atoms. The van der Waals surface area contributed by atoms with Crippen LogP contribution in [0.3, 0.4) is 0 Å². The van der Waals surface area contributed by atoms with Crippen molar-refractivity contribution in [2.24, 2.45) is 0 Å². The lowest BCUT2D eigenvalue weighted by molar-refractivity contribution is 0.0135. The van der Waals surface area contributed by atoms with E-state index in [9.17, 15) is 0 Å². The molecular weight excluding hydrogens is 328 g/mol. The molecule has 0 saturated carbocycles. The molecule has 1 aromatic heterocycles. The van der Waals surface area contributed by atoms with Gasteiger partial charge >= 0.3 is 0 Å². The van der Waals surface area contributed by atoms with Gasteiger partial charge in [-0.3, -0.25) is 0 Å². The minimum atomic E-state index is -0.0845. The van der Waals surface area contributed by atoms with Crippen molar-refractivity contribution in [1.29, 1.82) is 0 Å². The minimum absolute atomic E-state index is 0.0456. The van der Waals surface area contributed by atoms with Crippen LogP contribution in [0.2, 0.25) is 0 Å². The molecule has 0 amide bonds. The molecule has 1 aromatic carbocycles. The first-order valence-electron chi connectivity index (χ1n) is 9.10. The molecule has 0 spiro atoms. The number of nitrogens with one attached hydrogen (secondary N) is 2. The summed E-state index contributed by atoms with van der Waals surface area (Å²) in [4.78, 5) is 3.57. The third-order valence-electron chi connectivity index (χ3n) is 5.44. The number of allylic oxidation sites excluding steroid dienone is 1. The number of aromatic amines is 1. The largest absolute Gasteiger partial charge is 0.381 e. The summed E-state index contributed by atoms with van der Waals surface area (Å²) in [6.07, 6.45) is 9.42. The normalized spacial score (nSPS) is 25.2. The molecule has 0 radical (unpaired) electrons. The van der Waals surface area contributed by atoms with Crippen molar-refractivity contribution in [3.63, 3.8) is 0 Å². The summed E-state index contributed by atoms with van der Waals surface area (Å²) in [5, 5.41) is 4.78. The van der Waals surface area contributed by atoms with Crippen LogP contribution in [0.25, 0.3) is 10.9 Å². The Bertz CT molecular complexity index is 852. The second kappa shape index (κ2) is 7.27. The highest BCUT2D eigenvalue weighted by Gasteiger charge is 2.23. The second-order valence-electron chi connectivity index (χ2n) is 6.95. The van der Waals surface area contributed by atoms with E-state index in [0.29, 0.717) is 6.10 Å². The number of aromatic nitrogens is 1. The van der Waals surface area contributed by atoms with Crippen molar-refractivity contribution in [3.8, 4) is 0 Å². The molecule has 3 unspecified atom stereocenters. The summed E-state index contributed by atoms with van der Waals surface area (Å²) in [6.45, 7) is 0. The van der Waals surface area contributed by atoms with Crippen LogP contribution in [0.5, 0.6) is 0 Å². The van der Waals surface area contributed by atoms with Gasteiger partial charge in [-0.15, -0.1) is 0 Å². The van der Waals surface area contributed by atoms with E-state index in [1.165, 1.54) is 22.2 Å². The van der Waals surface area contributed by atoms with Crippen LogP contribution >= 0.6 is 0 Å². The van der Waals surface area contributed by atoms with Gasteiger partial charge in [0.1, 0.15) is 12.2 Å². The number of aryl methyl sites for hydroxylation is 1. The average Bonchev–Trinajstić information content (AvgIpc) is 3.05. The topological polar surface area (TPSA) is 55.5 Å². The molecular formula is C21H26N2O3. The SMILES string of the molecule is COC1CCc2[nH]c3ccc(NC4=CC(OC)C(OC)C=C4)cc3c2C1. The summed E-state index contributed by atoms with van der Waals surface area (Å²) in [7, 11) is 5.21. The molecule has 0 saturated heterocycles. The van der Waals surface area contributed by atoms with Crippen molar-refractivity contribution in [3.05, 3.63) is 53.4 Å². The van der Waals surface area contributed by atoms with E-state index in [0.717, 1.165) is 30.6 Å². The van der Waals surface area contributed by atoms with Gasteiger partial charge in [-0.05, 0) is 48.8 Å². The molecule has 2 aliphatic rings. The second-order valence-corrected chi connectivity index (χ2v) is 6.95. The molecule has 2 N–H and O–H groups in total. The Morgan fingerprint density at radius 1 is 1.08 bits per heavy atom. The number of fused-ring (bicyclic) bond motifs is 3. The van der Waals surface area contributed by atoms with Gasteiger partial charge in [0.2, 0.25) is 0 Å². The van der Waals surface area contributed by atoms with Crippen molar-refractivity contribution in [2.45, 2.75) is 37.6 Å². The molecule has 0 fully saturated rings. The predicted molar refractivity (Wildman–Crippen MR) is 104 cm³/mol. The van der Waals surface area contributed by atoms with Crippen LogP contribution < -0.4 is 5.32 Å². The van der Waals surface area contributed by atoms with Crippen LogP contribution in [-0.2, 0) is 27.1 Å². The number of rotatable bonds is 5. The minimum Gasteiger partial charge on any atom is -0.381 e. The zero-order chi connectivity index (χ0) is 18.1. The van der Waals surface area contributed by atoms with Crippen LogP contribution in [0.1, 0.15) is 17.7 Å². The molecule has 2 aromatic rings. The first-order valence-corrected chi connectivity index (χ1v) is 9.10. The highest BCUT2D eigenvalue weighted by atomic mass is 16.5. The molecule has 2 aliphatic carbocycles. The van der Waals surface area contributed by atoms with Crippen molar-refractivity contribution >= 4 is 16.6 Å². The summed E-state index contributed by atoms with van der Waals surface area (Å²) in [5.74, 6) is 0. The molecule has 26 heavy (non-hydrogen) atoms. The van der Waals surface area contributed by atoms with Gasteiger partial charge in [0.05, 0.1) is 6.10 Å². The maximum Gasteiger partial charge on any atom is 0.107 e. The van der Waals surface area contributed by atoms with Gasteiger partial charge in [-0.2, -0.15) is 0 Å². The molecule has 3 atom stereocenters. The van der Waals surface area contributed by atoms with Crippen LogP contribution in [-0.4, -0.2) is 44.6 Å². The number of ether oxygens (including phenoxy) is 3. The lowest BCUT2D eigenvalue weighted by Gasteiger charge is -2.24. The van der Waals surface area contributed by atoms with Gasteiger partial charge < -0.3 is 24.5 Å². The van der Waals surface area contributed by atoms with E-state index in [-0.39, 0.29) is 12.2 Å². The van der Waals surface area contributed by atoms with Crippen LogP contribution in [0.4, 0.5) is 5.69 Å². The number of hydrogen-bond donors (Lipinski definition) is 2. The Labute approximate surface area is 154 Å². The van der Waals surface area contributed by atoms with Crippen LogP contribution in [0.15, 0.2) is 42.1 Å². The first kappa shape index (κ1) is 17.3. The molecule has 5 nitrogen and oxygen atoms in total. The Balaban J connectivity index is 1.60. The van der Waals surface area contributed by atoms with Gasteiger partial charge in [-0.25, -0.2) is 0 Å². The Kier molecular flexibility index (Phi) is 4.85. The predicted octanol–water partition coefficient (Wildman–Crippen LogP) is 3.57. The fourth-order valence-corrected chi connectivity index (χ4v) is 3.96. The Morgan fingerprint density at radius 2 is 1.92 bits per heavy atom. The van der Waals surface area contributed by atoms with Gasteiger partial charge in [0, 0.05) is 55.7 Å². The lowest BCUT2D eigenvalue weighted by atomic mass is 9.93. The van der Waals surface area contributed by atoms with Crippen molar-refractivity contribution < 1.29 is 14.2 Å². The van der Waals surface area contributed by atoms with E-state index in [4.69, 9.17) is 14.2 Å². The summed E-state index contributed by atoms with van der Waals surface area (Å²) in [6, 6.07) is 6.48. The zero-order valence-corrected chi connectivity index (χ0v) is 15.5. The third kappa shape index (κ3) is 3.18. The number of benzene rings is 1. The molecule has 138 valence electrons. The third-order valence-corrected chi connectivity index (χ3v) is 5.44. The first-order chi connectivity index (χ1) is 12.7. The van der Waals surface area contributed by atoms with E-state index in [1.54, 1.807) is 21.3 Å². The average molecular weight is 354 g/mol. The summed E-state index contributed by atoms with van der Waals surface area (Å²) in [5.41, 5.74) is 6.03. The van der Waals surface area contributed by atoms with E-state index in [2.05, 4.69) is 34.6 Å². The highest BCUT2D eigenvalue weighted by molar-refractivity contribution is 5.88. The smallest absolute Gasteiger partial charge is 0.107 e. The standard InChI is InChI=1S/C21H26N2O3/c1-24-15-6-8-19-17(12-15)16-10-13(4-7-18(16)23-19)22-14-5-9-20(25-2)21(11-14)26-3/h4-5,7,9-11,15,20-23H,6,8,12H2,1-3H3. The van der Waals surface area contributed by atoms with Crippen molar-refractivity contribution in [2.75, 3.05) is 26.6 Å². The fourth-order valence-electron chi connectivity index (χ4n) is 3.96. The fraction of sp³-hybridized carbons (Fsp3) is 0.429. The molecule has 0 aliphatic heterocycles. The number of hydrogen-bond acceptors (Lipinski definition) is 4. The Hall–Kier alpha value is -2.08. The van der Waals surface area contributed by atoms with Crippen LogP contribution in [0, 0.1) is 0 Å². The summed E-state index contributed by atoms with van der Waals surface area (Å²) >= 11 is 0. The maximum absolute atomic E-state index is 5.59. The monoisotopic (exact) mass is 354 g/mol. The van der Waals surface area contributed by atoms with E-state index in [1.807, 2.05) is 12.2 Å². The highest BCUT2D eigenvalue weighted by Crippen LogP contribution is 2.32. The Morgan fingerprint density at radius 3 is 2.69 bits per heavy atom. The van der Waals surface area contributed by atoms with E-state index < -0.39 is 0 Å². The van der Waals surface area contributed by atoms with Gasteiger partial charge in [0.25, 0.3) is 0 Å². The van der Waals surface area contributed by atoms with Gasteiger partial charge in [0.15, 0.2) is 0 Å². The molecule has 5 heteroatoms. The summed E-state index contributed by atoms with van der Waals surface area (Å²) < 4.78 is 16.5. The lowest BCUT2D eigenvalue weighted by Crippen LogP contribution is -2.29. The zero-order valence-electron chi connectivity index (χ0n) is 15.5. The molecule has 4 rings (SSSR count). The number of H-pyrrole nitrogens is 1. The molecule has 1 heterocycles. The van der Waals surface area contributed by atoms with Gasteiger partial charge in [-0.1, -0.05) is 6.08 Å². The van der Waals surface area contributed by atoms with Crippen molar-refractivity contribution in [1.82, 2.24) is 4.98 Å². The number of methoxy groups -OCH3 is 3.